The molecule has 3 aromatic rings. The maximum atomic E-state index is 6.18. The Bertz CT molecular complexity index is 1050. The lowest BCUT2D eigenvalue weighted by molar-refractivity contribution is 0.166. The Labute approximate surface area is 219 Å². The second-order valence-corrected chi connectivity index (χ2v) is 8.28. The number of rotatable bonds is 9. The molecule has 0 amide bonds. The van der Waals surface area contributed by atoms with Gasteiger partial charge in [0.05, 0.1) is 25.4 Å². The van der Waals surface area contributed by atoms with E-state index in [9.17, 15) is 0 Å². The molecule has 4 rings (SSSR count). The molecule has 2 heterocycles. The number of aliphatic imine (C=N–C) groups is 1. The molecular weight excluding hydrogens is 541 g/mol. The SMILES string of the molecule is CCNC(=NCc1ccc(C)cc1OCC1CCOC1)NCc1ccccc1-n1cccn1.I. The van der Waals surface area contributed by atoms with Crippen LogP contribution in [-0.2, 0) is 17.8 Å². The number of halogens is 1. The van der Waals surface area contributed by atoms with Gasteiger partial charge in [-0.05, 0) is 49.6 Å². The van der Waals surface area contributed by atoms with Crippen molar-refractivity contribution < 1.29 is 9.47 Å². The average Bonchev–Trinajstić information content (AvgIpc) is 3.55. The van der Waals surface area contributed by atoms with Gasteiger partial charge in [-0.15, -0.1) is 24.0 Å². The maximum Gasteiger partial charge on any atom is 0.191 e. The van der Waals surface area contributed by atoms with Crippen molar-refractivity contribution in [3.63, 3.8) is 0 Å². The third-order valence-electron chi connectivity index (χ3n) is 5.66. The first-order valence-electron chi connectivity index (χ1n) is 11.6. The number of aryl methyl sites for hydroxylation is 1. The lowest BCUT2D eigenvalue weighted by Crippen LogP contribution is -2.37. The normalized spacial score (nSPS) is 15.6. The molecule has 1 aliphatic rings. The van der Waals surface area contributed by atoms with Crippen molar-refractivity contribution in [2.75, 3.05) is 26.4 Å². The van der Waals surface area contributed by atoms with Crippen LogP contribution in [0, 0.1) is 12.8 Å². The van der Waals surface area contributed by atoms with Crippen LogP contribution in [0.15, 0.2) is 65.9 Å². The van der Waals surface area contributed by atoms with Gasteiger partial charge in [-0.3, -0.25) is 0 Å². The Morgan fingerprint density at radius 3 is 2.82 bits per heavy atom. The summed E-state index contributed by atoms with van der Waals surface area (Å²) in [7, 11) is 0. The molecule has 1 unspecified atom stereocenters. The number of nitrogens with zero attached hydrogens (tertiary/aromatic N) is 3. The van der Waals surface area contributed by atoms with E-state index < -0.39 is 0 Å². The van der Waals surface area contributed by atoms with Crippen molar-refractivity contribution >= 4 is 29.9 Å². The van der Waals surface area contributed by atoms with Crippen LogP contribution in [0.3, 0.4) is 0 Å². The fraction of sp³-hybridized carbons (Fsp3) is 0.385. The molecule has 2 N–H and O–H groups in total. The fourth-order valence-electron chi connectivity index (χ4n) is 3.83. The van der Waals surface area contributed by atoms with Gasteiger partial charge in [-0.2, -0.15) is 5.10 Å². The highest BCUT2D eigenvalue weighted by Gasteiger charge is 2.17. The van der Waals surface area contributed by atoms with Crippen molar-refractivity contribution in [3.05, 3.63) is 77.6 Å². The molecule has 1 atom stereocenters. The number of ether oxygens (including phenoxy) is 2. The lowest BCUT2D eigenvalue weighted by atomic mass is 10.1. The minimum atomic E-state index is 0. The molecular formula is C26H34IN5O2. The van der Waals surface area contributed by atoms with E-state index in [2.05, 4.69) is 59.9 Å². The Balaban J connectivity index is 0.00000324. The fourth-order valence-corrected chi connectivity index (χ4v) is 3.83. The molecule has 1 aliphatic heterocycles. The van der Waals surface area contributed by atoms with Crippen LogP contribution in [0.25, 0.3) is 5.69 Å². The molecule has 0 saturated carbocycles. The minimum absolute atomic E-state index is 0. The topological polar surface area (TPSA) is 72.7 Å². The molecule has 7 nitrogen and oxygen atoms in total. The minimum Gasteiger partial charge on any atom is -0.493 e. The van der Waals surface area contributed by atoms with Crippen LogP contribution in [0.2, 0.25) is 0 Å². The zero-order chi connectivity index (χ0) is 22.9. The molecule has 0 radical (unpaired) electrons. The summed E-state index contributed by atoms with van der Waals surface area (Å²) in [6.07, 6.45) is 4.80. The summed E-state index contributed by atoms with van der Waals surface area (Å²) >= 11 is 0. The largest absolute Gasteiger partial charge is 0.493 e. The third kappa shape index (κ3) is 7.20. The second kappa shape index (κ2) is 13.3. The first kappa shape index (κ1) is 26.0. The van der Waals surface area contributed by atoms with Crippen LogP contribution in [0.5, 0.6) is 5.75 Å². The van der Waals surface area contributed by atoms with Gasteiger partial charge in [0.1, 0.15) is 5.75 Å². The van der Waals surface area contributed by atoms with Gasteiger partial charge >= 0.3 is 0 Å². The summed E-state index contributed by atoms with van der Waals surface area (Å²) in [6, 6.07) is 16.5. The zero-order valence-electron chi connectivity index (χ0n) is 19.9. The van der Waals surface area contributed by atoms with Crippen LogP contribution in [-0.4, -0.2) is 42.1 Å². The summed E-state index contributed by atoms with van der Waals surface area (Å²) in [5, 5.41) is 11.2. The second-order valence-electron chi connectivity index (χ2n) is 8.28. The van der Waals surface area contributed by atoms with Gasteiger partial charge in [0.15, 0.2) is 5.96 Å². The molecule has 0 aliphatic carbocycles. The van der Waals surface area contributed by atoms with E-state index in [-0.39, 0.29) is 24.0 Å². The van der Waals surface area contributed by atoms with Gasteiger partial charge in [0, 0.05) is 43.6 Å². The lowest BCUT2D eigenvalue weighted by Gasteiger charge is -2.16. The van der Waals surface area contributed by atoms with E-state index in [1.165, 1.54) is 5.56 Å². The standard InChI is InChI=1S/C26H33N5O2.HI/c1-3-27-26(28-16-22-7-4-5-8-24(22)31-13-6-12-30-31)29-17-23-10-9-20(2)15-25(23)33-19-21-11-14-32-18-21;/h4-10,12-13,15,21H,3,11,14,16-19H2,1-2H3,(H2,27,28,29);1H. The molecule has 0 spiro atoms. The highest BCUT2D eigenvalue weighted by Crippen LogP contribution is 2.23. The number of aromatic nitrogens is 2. The third-order valence-corrected chi connectivity index (χ3v) is 5.66. The van der Waals surface area contributed by atoms with Gasteiger partial charge in [0.25, 0.3) is 0 Å². The summed E-state index contributed by atoms with van der Waals surface area (Å²) in [4.78, 5) is 4.83. The van der Waals surface area contributed by atoms with Crippen molar-refractivity contribution in [1.29, 1.82) is 0 Å². The first-order valence-corrected chi connectivity index (χ1v) is 11.6. The van der Waals surface area contributed by atoms with E-state index in [1.807, 2.05) is 29.1 Å². The predicted molar refractivity (Wildman–Crippen MR) is 146 cm³/mol. The molecule has 34 heavy (non-hydrogen) atoms. The smallest absolute Gasteiger partial charge is 0.191 e. The van der Waals surface area contributed by atoms with Crippen LogP contribution >= 0.6 is 24.0 Å². The Hall–Kier alpha value is -2.59. The molecule has 8 heteroatoms. The number of hydrogen-bond acceptors (Lipinski definition) is 4. The molecule has 2 aromatic carbocycles. The maximum absolute atomic E-state index is 6.18. The van der Waals surface area contributed by atoms with E-state index >= 15 is 0 Å². The summed E-state index contributed by atoms with van der Waals surface area (Å²) < 4.78 is 13.5. The number of guanidine groups is 1. The molecule has 1 aromatic heterocycles. The number of nitrogens with one attached hydrogen (secondary N) is 2. The zero-order valence-corrected chi connectivity index (χ0v) is 22.2. The Morgan fingerprint density at radius 2 is 2.06 bits per heavy atom. The highest BCUT2D eigenvalue weighted by atomic mass is 127. The summed E-state index contributed by atoms with van der Waals surface area (Å²) in [6.45, 7) is 8.41. The van der Waals surface area contributed by atoms with E-state index in [0.717, 1.165) is 54.7 Å². The van der Waals surface area contributed by atoms with Crippen molar-refractivity contribution in [2.45, 2.75) is 33.4 Å². The number of para-hydroxylation sites is 1. The monoisotopic (exact) mass is 575 g/mol. The number of benzene rings is 2. The quantitative estimate of drug-likeness (QED) is 0.224. The first-order chi connectivity index (χ1) is 16.2. The van der Waals surface area contributed by atoms with Crippen LogP contribution in [0.4, 0.5) is 0 Å². The van der Waals surface area contributed by atoms with Gasteiger partial charge in [-0.25, -0.2) is 9.67 Å². The highest BCUT2D eigenvalue weighted by molar-refractivity contribution is 14.0. The van der Waals surface area contributed by atoms with E-state index in [0.29, 0.717) is 25.6 Å². The van der Waals surface area contributed by atoms with Crippen molar-refractivity contribution in [3.8, 4) is 11.4 Å². The van der Waals surface area contributed by atoms with Crippen LogP contribution in [0.1, 0.15) is 30.0 Å². The number of hydrogen-bond donors (Lipinski definition) is 2. The molecule has 182 valence electrons. The summed E-state index contributed by atoms with van der Waals surface area (Å²) in [5.41, 5.74) is 4.45. The van der Waals surface area contributed by atoms with Crippen molar-refractivity contribution in [2.24, 2.45) is 10.9 Å². The van der Waals surface area contributed by atoms with Crippen molar-refractivity contribution in [1.82, 2.24) is 20.4 Å². The van der Waals surface area contributed by atoms with E-state index in [4.69, 9.17) is 14.5 Å². The molecule has 1 fully saturated rings. The van der Waals surface area contributed by atoms with Crippen LogP contribution < -0.4 is 15.4 Å². The van der Waals surface area contributed by atoms with E-state index in [1.54, 1.807) is 6.20 Å². The Kier molecular flexibility index (Phi) is 10.2. The van der Waals surface area contributed by atoms with Gasteiger partial charge in [-0.1, -0.05) is 30.3 Å². The predicted octanol–water partition coefficient (Wildman–Crippen LogP) is 4.47. The molecule has 0 bridgehead atoms. The molecule has 1 saturated heterocycles. The Morgan fingerprint density at radius 1 is 1.18 bits per heavy atom. The summed E-state index contributed by atoms with van der Waals surface area (Å²) in [5.74, 6) is 2.14. The van der Waals surface area contributed by atoms with Gasteiger partial charge < -0.3 is 20.1 Å². The van der Waals surface area contributed by atoms with Gasteiger partial charge in [0.2, 0.25) is 0 Å². The average molecular weight is 575 g/mol.